The molecule has 2 aromatic rings. The summed E-state index contributed by atoms with van der Waals surface area (Å²) in [7, 11) is 0. The van der Waals surface area contributed by atoms with Gasteiger partial charge in [-0.15, -0.1) is 0 Å². The minimum absolute atomic E-state index is 0.503. The Kier molecular flexibility index (Phi) is 7.65. The first-order valence-electron chi connectivity index (χ1n) is 9.22. The van der Waals surface area contributed by atoms with E-state index in [9.17, 15) is 0 Å². The average molecular weight is 341 g/mol. The van der Waals surface area contributed by atoms with E-state index in [1.807, 2.05) is 36.4 Å². The van der Waals surface area contributed by atoms with Crippen molar-refractivity contribution in [3.8, 4) is 11.5 Å². The van der Waals surface area contributed by atoms with E-state index in [0.29, 0.717) is 25.0 Å². The molecule has 0 heterocycles. The van der Waals surface area contributed by atoms with E-state index >= 15 is 0 Å². The molecule has 3 nitrogen and oxygen atoms in total. The fourth-order valence-electron chi connectivity index (χ4n) is 2.38. The van der Waals surface area contributed by atoms with Crippen molar-refractivity contribution in [1.82, 2.24) is 0 Å². The predicted molar refractivity (Wildman–Crippen MR) is 105 cm³/mol. The van der Waals surface area contributed by atoms with Crippen LogP contribution in [0.25, 0.3) is 0 Å². The van der Waals surface area contributed by atoms with E-state index in [0.717, 1.165) is 35.8 Å². The fourth-order valence-corrected chi connectivity index (χ4v) is 2.38. The maximum absolute atomic E-state index is 5.97. The van der Waals surface area contributed by atoms with Crippen molar-refractivity contribution < 1.29 is 9.47 Å². The highest BCUT2D eigenvalue weighted by Crippen LogP contribution is 2.26. The number of ether oxygens (including phenoxy) is 2. The summed E-state index contributed by atoms with van der Waals surface area (Å²) in [5.74, 6) is 3.00. The van der Waals surface area contributed by atoms with Crippen LogP contribution in [0.1, 0.15) is 39.7 Å². The summed E-state index contributed by atoms with van der Waals surface area (Å²) in [6, 6.07) is 16.3. The van der Waals surface area contributed by atoms with Gasteiger partial charge in [0.05, 0.1) is 18.9 Å². The first-order chi connectivity index (χ1) is 12.1. The van der Waals surface area contributed by atoms with Crippen LogP contribution in [0.15, 0.2) is 48.5 Å². The maximum Gasteiger partial charge on any atom is 0.142 e. The number of nitrogens with one attached hydrogen (secondary N) is 1. The van der Waals surface area contributed by atoms with Crippen molar-refractivity contribution in [3.05, 3.63) is 54.1 Å². The molecule has 3 heteroatoms. The number of hydrogen-bond acceptors (Lipinski definition) is 3. The molecule has 2 rings (SSSR count). The van der Waals surface area contributed by atoms with E-state index < -0.39 is 0 Å². The number of anilines is 1. The predicted octanol–water partition coefficient (Wildman–Crippen LogP) is 5.76. The third-order valence-electron chi connectivity index (χ3n) is 3.85. The Balaban J connectivity index is 1.99. The number of para-hydroxylation sites is 3. The molecular formula is C22H31NO2. The van der Waals surface area contributed by atoms with Gasteiger partial charge in [-0.1, -0.05) is 58.0 Å². The second-order valence-corrected chi connectivity index (χ2v) is 7.19. The van der Waals surface area contributed by atoms with E-state index in [4.69, 9.17) is 9.47 Å². The lowest BCUT2D eigenvalue weighted by molar-refractivity contribution is 0.272. The second kappa shape index (κ2) is 9.97. The molecule has 0 aromatic heterocycles. The van der Waals surface area contributed by atoms with E-state index in [2.05, 4.69) is 45.1 Å². The van der Waals surface area contributed by atoms with Gasteiger partial charge in [-0.25, -0.2) is 0 Å². The highest BCUT2D eigenvalue weighted by molar-refractivity contribution is 5.56. The quantitative estimate of drug-likeness (QED) is 0.596. The second-order valence-electron chi connectivity index (χ2n) is 7.19. The van der Waals surface area contributed by atoms with Crippen molar-refractivity contribution in [2.45, 2.75) is 40.7 Å². The molecular weight excluding hydrogens is 310 g/mol. The van der Waals surface area contributed by atoms with Gasteiger partial charge in [0.1, 0.15) is 11.5 Å². The van der Waals surface area contributed by atoms with Crippen LogP contribution in [0.5, 0.6) is 11.5 Å². The summed E-state index contributed by atoms with van der Waals surface area (Å²) >= 11 is 0. The Morgan fingerprint density at radius 2 is 1.48 bits per heavy atom. The van der Waals surface area contributed by atoms with Crippen LogP contribution in [0, 0.1) is 11.8 Å². The fraction of sp³-hybridized carbons (Fsp3) is 0.455. The molecule has 1 N–H and O–H groups in total. The zero-order valence-corrected chi connectivity index (χ0v) is 15.9. The first-order valence-corrected chi connectivity index (χ1v) is 9.22. The molecule has 0 saturated heterocycles. The third kappa shape index (κ3) is 6.69. The van der Waals surface area contributed by atoms with Gasteiger partial charge >= 0.3 is 0 Å². The van der Waals surface area contributed by atoms with Gasteiger partial charge in [-0.2, -0.15) is 0 Å². The summed E-state index contributed by atoms with van der Waals surface area (Å²) in [6.45, 7) is 10.9. The van der Waals surface area contributed by atoms with Gasteiger partial charge in [-0.05, 0) is 36.5 Å². The molecule has 0 spiro atoms. The van der Waals surface area contributed by atoms with Gasteiger partial charge in [0, 0.05) is 12.1 Å². The average Bonchev–Trinajstić information content (AvgIpc) is 2.59. The molecule has 0 fully saturated rings. The lowest BCUT2D eigenvalue weighted by Crippen LogP contribution is -2.08. The lowest BCUT2D eigenvalue weighted by Gasteiger charge is -2.16. The normalized spacial score (nSPS) is 11.0. The van der Waals surface area contributed by atoms with Crippen LogP contribution < -0.4 is 14.8 Å². The van der Waals surface area contributed by atoms with Crippen molar-refractivity contribution in [2.75, 3.05) is 18.5 Å². The molecule has 0 unspecified atom stereocenters. The van der Waals surface area contributed by atoms with Crippen molar-refractivity contribution in [2.24, 2.45) is 11.8 Å². The molecule has 0 amide bonds. The summed E-state index contributed by atoms with van der Waals surface area (Å²) < 4.78 is 11.9. The molecule has 2 aromatic carbocycles. The Morgan fingerprint density at radius 1 is 0.800 bits per heavy atom. The summed E-state index contributed by atoms with van der Waals surface area (Å²) in [6.07, 6.45) is 1.06. The van der Waals surface area contributed by atoms with Crippen molar-refractivity contribution >= 4 is 5.69 Å². The van der Waals surface area contributed by atoms with Crippen LogP contribution in [0.2, 0.25) is 0 Å². The van der Waals surface area contributed by atoms with Crippen molar-refractivity contribution in [3.63, 3.8) is 0 Å². The standard InChI is InChI=1S/C22H31NO2/c1-17(2)13-14-24-21-11-7-5-9-19(21)15-23-20-10-6-8-12-22(20)25-16-18(3)4/h5-12,17-18,23H,13-16H2,1-4H3. The molecule has 0 radical (unpaired) electrons. The smallest absolute Gasteiger partial charge is 0.142 e. The van der Waals surface area contributed by atoms with Crippen LogP contribution in [0.3, 0.4) is 0 Å². The lowest BCUT2D eigenvalue weighted by atomic mass is 10.1. The highest BCUT2D eigenvalue weighted by atomic mass is 16.5. The summed E-state index contributed by atoms with van der Waals surface area (Å²) in [4.78, 5) is 0. The number of rotatable bonds is 10. The van der Waals surface area contributed by atoms with E-state index in [-0.39, 0.29) is 0 Å². The molecule has 136 valence electrons. The number of benzene rings is 2. The summed E-state index contributed by atoms with van der Waals surface area (Å²) in [5.41, 5.74) is 2.17. The topological polar surface area (TPSA) is 30.5 Å². The zero-order valence-electron chi connectivity index (χ0n) is 15.9. The van der Waals surface area contributed by atoms with Crippen molar-refractivity contribution in [1.29, 1.82) is 0 Å². The molecule has 0 saturated carbocycles. The Hall–Kier alpha value is -2.16. The van der Waals surface area contributed by atoms with Gasteiger partial charge in [-0.3, -0.25) is 0 Å². The van der Waals surface area contributed by atoms with Crippen LogP contribution in [-0.4, -0.2) is 13.2 Å². The SMILES string of the molecule is CC(C)CCOc1ccccc1CNc1ccccc1OCC(C)C. The molecule has 0 aliphatic rings. The van der Waals surface area contributed by atoms with Crippen LogP contribution >= 0.6 is 0 Å². The third-order valence-corrected chi connectivity index (χ3v) is 3.85. The van der Waals surface area contributed by atoms with Crippen LogP contribution in [-0.2, 0) is 6.54 Å². The molecule has 0 atom stereocenters. The van der Waals surface area contributed by atoms with Gasteiger partial charge in [0.15, 0.2) is 0 Å². The van der Waals surface area contributed by atoms with E-state index in [1.54, 1.807) is 0 Å². The van der Waals surface area contributed by atoms with Crippen LogP contribution in [0.4, 0.5) is 5.69 Å². The van der Waals surface area contributed by atoms with Gasteiger partial charge in [0.2, 0.25) is 0 Å². The summed E-state index contributed by atoms with van der Waals surface area (Å²) in [5, 5.41) is 3.49. The van der Waals surface area contributed by atoms with Gasteiger partial charge < -0.3 is 14.8 Å². The minimum atomic E-state index is 0.503. The Labute approximate surface area is 152 Å². The highest BCUT2D eigenvalue weighted by Gasteiger charge is 2.07. The minimum Gasteiger partial charge on any atom is -0.493 e. The molecule has 0 aliphatic heterocycles. The monoisotopic (exact) mass is 341 g/mol. The number of hydrogen-bond donors (Lipinski definition) is 1. The van der Waals surface area contributed by atoms with Gasteiger partial charge in [0.25, 0.3) is 0 Å². The Bertz CT molecular complexity index is 637. The maximum atomic E-state index is 5.97. The zero-order chi connectivity index (χ0) is 18.1. The largest absolute Gasteiger partial charge is 0.493 e. The van der Waals surface area contributed by atoms with E-state index in [1.165, 1.54) is 0 Å². The molecule has 0 bridgehead atoms. The molecule has 0 aliphatic carbocycles. The Morgan fingerprint density at radius 3 is 2.20 bits per heavy atom. The first kappa shape index (κ1) is 19.2. The molecule has 25 heavy (non-hydrogen) atoms.